The third-order valence-corrected chi connectivity index (χ3v) is 3.28. The van der Waals surface area contributed by atoms with Crippen LogP contribution in [0.2, 0.25) is 0 Å². The van der Waals surface area contributed by atoms with Crippen molar-refractivity contribution in [2.24, 2.45) is 0 Å². The van der Waals surface area contributed by atoms with Crippen molar-refractivity contribution in [3.63, 3.8) is 0 Å². The number of ether oxygens (including phenoxy) is 1. The van der Waals surface area contributed by atoms with Gasteiger partial charge < -0.3 is 10.1 Å². The van der Waals surface area contributed by atoms with Gasteiger partial charge in [-0.25, -0.2) is 0 Å². The maximum atomic E-state index is 11.7. The summed E-state index contributed by atoms with van der Waals surface area (Å²) in [4.78, 5) is 25.1. The van der Waals surface area contributed by atoms with Crippen LogP contribution < -0.4 is 5.32 Å². The fourth-order valence-electron chi connectivity index (χ4n) is 2.27. The second kappa shape index (κ2) is 8.48. The molecule has 0 bridgehead atoms. The first-order valence-corrected chi connectivity index (χ1v) is 6.62. The largest absolute Gasteiger partial charge is 0.469 e. The Kier molecular flexibility index (Phi) is 6.90. The molecule has 1 rings (SSSR count). The SMILES string of the molecule is COC(=O)C[C@H]1CCCCN1CC(=O)NCCC#N. The van der Waals surface area contributed by atoms with Gasteiger partial charge in [0.1, 0.15) is 0 Å². The molecule has 1 N–H and O–H groups in total. The van der Waals surface area contributed by atoms with Gasteiger partial charge in [0, 0.05) is 12.6 Å². The molecular formula is C13H21N3O3. The first-order chi connectivity index (χ1) is 9.17. The van der Waals surface area contributed by atoms with Gasteiger partial charge in [-0.05, 0) is 19.4 Å². The summed E-state index contributed by atoms with van der Waals surface area (Å²) in [6.07, 6.45) is 3.69. The van der Waals surface area contributed by atoms with E-state index in [1.54, 1.807) is 0 Å². The monoisotopic (exact) mass is 267 g/mol. The zero-order chi connectivity index (χ0) is 14.1. The highest BCUT2D eigenvalue weighted by Crippen LogP contribution is 2.19. The number of hydrogen-bond donors (Lipinski definition) is 1. The first-order valence-electron chi connectivity index (χ1n) is 6.62. The minimum absolute atomic E-state index is 0.0860. The lowest BCUT2D eigenvalue weighted by Gasteiger charge is -2.34. The average Bonchev–Trinajstić information content (AvgIpc) is 2.41. The van der Waals surface area contributed by atoms with Crippen LogP contribution >= 0.6 is 0 Å². The zero-order valence-electron chi connectivity index (χ0n) is 11.4. The second-order valence-corrected chi connectivity index (χ2v) is 4.66. The van der Waals surface area contributed by atoms with Gasteiger partial charge in [0.2, 0.25) is 5.91 Å². The number of carbonyl (C=O) groups is 2. The molecule has 1 heterocycles. The number of carbonyl (C=O) groups excluding carboxylic acids is 2. The van der Waals surface area contributed by atoms with Crippen molar-refractivity contribution in [2.75, 3.05) is 26.7 Å². The summed E-state index contributed by atoms with van der Waals surface area (Å²) in [5.41, 5.74) is 0. The summed E-state index contributed by atoms with van der Waals surface area (Å²) < 4.78 is 4.68. The highest BCUT2D eigenvalue weighted by atomic mass is 16.5. The average molecular weight is 267 g/mol. The van der Waals surface area contributed by atoms with Gasteiger partial charge in [0.25, 0.3) is 0 Å². The van der Waals surface area contributed by atoms with Crippen molar-refractivity contribution in [1.82, 2.24) is 10.2 Å². The summed E-state index contributed by atoms with van der Waals surface area (Å²) >= 11 is 0. The summed E-state index contributed by atoms with van der Waals surface area (Å²) in [6, 6.07) is 2.07. The molecule has 0 aromatic heterocycles. The van der Waals surface area contributed by atoms with Crippen LogP contribution in [0.5, 0.6) is 0 Å². The van der Waals surface area contributed by atoms with Crippen LogP contribution in [0, 0.1) is 11.3 Å². The molecule has 0 saturated carbocycles. The van der Waals surface area contributed by atoms with Gasteiger partial charge in [-0.2, -0.15) is 5.26 Å². The minimum Gasteiger partial charge on any atom is -0.469 e. The van der Waals surface area contributed by atoms with Crippen LogP contribution in [-0.4, -0.2) is 49.6 Å². The Bertz CT molecular complexity index is 352. The number of methoxy groups -OCH3 is 1. The van der Waals surface area contributed by atoms with Gasteiger partial charge >= 0.3 is 5.97 Å². The van der Waals surface area contributed by atoms with Crippen molar-refractivity contribution in [2.45, 2.75) is 38.1 Å². The van der Waals surface area contributed by atoms with Crippen molar-refractivity contribution < 1.29 is 14.3 Å². The number of hydrogen-bond acceptors (Lipinski definition) is 5. The van der Waals surface area contributed by atoms with E-state index in [-0.39, 0.29) is 24.5 Å². The second-order valence-electron chi connectivity index (χ2n) is 4.66. The lowest BCUT2D eigenvalue weighted by Crippen LogP contribution is -2.46. The van der Waals surface area contributed by atoms with Crippen LogP contribution in [0.1, 0.15) is 32.1 Å². The zero-order valence-corrected chi connectivity index (χ0v) is 11.4. The normalized spacial score (nSPS) is 19.5. The molecular weight excluding hydrogens is 246 g/mol. The van der Waals surface area contributed by atoms with Crippen LogP contribution in [-0.2, 0) is 14.3 Å². The van der Waals surface area contributed by atoms with Crippen LogP contribution in [0.4, 0.5) is 0 Å². The number of likely N-dealkylation sites (tertiary alicyclic amines) is 1. The highest BCUT2D eigenvalue weighted by molar-refractivity contribution is 5.78. The number of esters is 1. The predicted octanol–water partition coefficient (Wildman–Crippen LogP) is 0.434. The Labute approximate surface area is 113 Å². The number of nitrogens with zero attached hydrogens (tertiary/aromatic N) is 2. The van der Waals surface area contributed by atoms with E-state index in [0.717, 1.165) is 25.8 Å². The molecule has 0 aromatic rings. The van der Waals surface area contributed by atoms with E-state index in [4.69, 9.17) is 5.26 Å². The van der Waals surface area contributed by atoms with Crippen molar-refractivity contribution in [1.29, 1.82) is 5.26 Å². The Balaban J connectivity index is 2.41. The molecule has 1 atom stereocenters. The summed E-state index contributed by atoms with van der Waals surface area (Å²) in [6.45, 7) is 1.49. The Morgan fingerprint density at radius 2 is 2.26 bits per heavy atom. The first kappa shape index (κ1) is 15.4. The smallest absolute Gasteiger partial charge is 0.307 e. The van der Waals surface area contributed by atoms with Crippen molar-refractivity contribution in [3.05, 3.63) is 0 Å². The lowest BCUT2D eigenvalue weighted by atomic mass is 9.99. The van der Waals surface area contributed by atoms with E-state index in [1.807, 2.05) is 11.0 Å². The van der Waals surface area contributed by atoms with Gasteiger partial charge in [0.15, 0.2) is 0 Å². The molecule has 0 spiro atoms. The summed E-state index contributed by atoms with van der Waals surface area (Å²) in [5.74, 6) is -0.325. The maximum absolute atomic E-state index is 11.7. The highest BCUT2D eigenvalue weighted by Gasteiger charge is 2.26. The van der Waals surface area contributed by atoms with E-state index in [1.165, 1.54) is 7.11 Å². The van der Waals surface area contributed by atoms with Crippen molar-refractivity contribution >= 4 is 11.9 Å². The quantitative estimate of drug-likeness (QED) is 0.557. The number of nitriles is 1. The van der Waals surface area contributed by atoms with E-state index in [0.29, 0.717) is 19.4 Å². The molecule has 106 valence electrons. The summed E-state index contributed by atoms with van der Waals surface area (Å²) in [5, 5.41) is 11.1. The van der Waals surface area contributed by atoms with E-state index < -0.39 is 0 Å². The molecule has 0 aliphatic carbocycles. The Morgan fingerprint density at radius 1 is 1.47 bits per heavy atom. The molecule has 6 nitrogen and oxygen atoms in total. The number of amides is 1. The van der Waals surface area contributed by atoms with Gasteiger partial charge in [0.05, 0.1) is 32.6 Å². The molecule has 1 fully saturated rings. The molecule has 1 saturated heterocycles. The third kappa shape index (κ3) is 5.71. The number of rotatable bonds is 6. The molecule has 0 aromatic carbocycles. The molecule has 0 radical (unpaired) electrons. The van der Waals surface area contributed by atoms with Gasteiger partial charge in [-0.3, -0.25) is 14.5 Å². The molecule has 0 unspecified atom stereocenters. The standard InChI is InChI=1S/C13H21N3O3/c1-19-13(18)9-11-5-2-3-8-16(11)10-12(17)15-7-4-6-14/h11H,2-5,7-10H2,1H3,(H,15,17)/t11-/m1/s1. The summed E-state index contributed by atoms with van der Waals surface area (Å²) in [7, 11) is 1.38. The Morgan fingerprint density at radius 3 is 2.95 bits per heavy atom. The fourth-order valence-corrected chi connectivity index (χ4v) is 2.27. The van der Waals surface area contributed by atoms with Crippen LogP contribution in [0.15, 0.2) is 0 Å². The van der Waals surface area contributed by atoms with Crippen LogP contribution in [0.25, 0.3) is 0 Å². The van der Waals surface area contributed by atoms with E-state index >= 15 is 0 Å². The minimum atomic E-state index is -0.234. The number of piperidine rings is 1. The third-order valence-electron chi connectivity index (χ3n) is 3.28. The molecule has 1 aliphatic rings. The molecule has 1 aliphatic heterocycles. The lowest BCUT2D eigenvalue weighted by molar-refractivity contribution is -0.143. The van der Waals surface area contributed by atoms with E-state index in [9.17, 15) is 9.59 Å². The van der Waals surface area contributed by atoms with Gasteiger partial charge in [-0.15, -0.1) is 0 Å². The van der Waals surface area contributed by atoms with Crippen LogP contribution in [0.3, 0.4) is 0 Å². The topological polar surface area (TPSA) is 82.4 Å². The number of nitrogens with one attached hydrogen (secondary N) is 1. The predicted molar refractivity (Wildman–Crippen MR) is 69.1 cm³/mol. The Hall–Kier alpha value is -1.61. The van der Waals surface area contributed by atoms with Crippen molar-refractivity contribution in [3.8, 4) is 6.07 Å². The van der Waals surface area contributed by atoms with E-state index in [2.05, 4.69) is 10.1 Å². The maximum Gasteiger partial charge on any atom is 0.307 e. The molecule has 6 heteroatoms. The van der Waals surface area contributed by atoms with Gasteiger partial charge in [-0.1, -0.05) is 6.42 Å². The molecule has 19 heavy (non-hydrogen) atoms. The fraction of sp³-hybridized carbons (Fsp3) is 0.769. The molecule has 1 amide bonds.